The first-order chi connectivity index (χ1) is 14.5. The summed E-state index contributed by atoms with van der Waals surface area (Å²) in [7, 11) is 5.80. The molecule has 0 fully saturated rings. The fourth-order valence-electron chi connectivity index (χ4n) is 3.13. The highest BCUT2D eigenvalue weighted by Crippen LogP contribution is 2.51. The van der Waals surface area contributed by atoms with Gasteiger partial charge in [-0.1, -0.05) is 6.07 Å². The Labute approximate surface area is 177 Å². The Kier molecular flexibility index (Phi) is 6.28. The van der Waals surface area contributed by atoms with Gasteiger partial charge in [0.05, 0.1) is 28.4 Å². The van der Waals surface area contributed by atoms with Crippen LogP contribution < -0.4 is 23.7 Å². The Hall–Kier alpha value is -3.51. The molecular formula is C21H19NO7S. The van der Waals surface area contributed by atoms with Gasteiger partial charge in [0, 0.05) is 17.3 Å². The number of thioether (sulfide) groups is 1. The zero-order chi connectivity index (χ0) is 21.8. The number of carbonyl (C=O) groups excluding carboxylic acids is 1. The van der Waals surface area contributed by atoms with Gasteiger partial charge < -0.3 is 28.8 Å². The van der Waals surface area contributed by atoms with Crippen LogP contribution in [-0.4, -0.2) is 44.8 Å². The van der Waals surface area contributed by atoms with Crippen molar-refractivity contribution in [2.45, 2.75) is 5.44 Å². The molecule has 0 radical (unpaired) electrons. The number of aromatic hydroxyl groups is 1. The minimum atomic E-state index is -1.11. The first kappa shape index (κ1) is 21.2. The Morgan fingerprint density at radius 3 is 2.30 bits per heavy atom. The van der Waals surface area contributed by atoms with E-state index in [-0.39, 0.29) is 23.0 Å². The third kappa shape index (κ3) is 3.69. The molecule has 1 unspecified atom stereocenters. The molecule has 0 spiro atoms. The van der Waals surface area contributed by atoms with E-state index < -0.39 is 11.2 Å². The lowest BCUT2D eigenvalue weighted by Crippen LogP contribution is -2.21. The Morgan fingerprint density at radius 1 is 1.03 bits per heavy atom. The second-order valence-electron chi connectivity index (χ2n) is 6.03. The molecule has 8 nitrogen and oxygen atoms in total. The molecule has 3 rings (SSSR count). The number of phenolic OH excluding ortho intramolecular Hbond substituents is 1. The highest BCUT2D eigenvalue weighted by Gasteiger charge is 2.32. The molecule has 2 aromatic rings. The zero-order valence-electron chi connectivity index (χ0n) is 16.7. The molecule has 1 N–H and O–H groups in total. The fourth-order valence-corrected chi connectivity index (χ4v) is 3.55. The van der Waals surface area contributed by atoms with Crippen LogP contribution in [0.1, 0.15) is 11.1 Å². The van der Waals surface area contributed by atoms with E-state index in [1.165, 1.54) is 40.6 Å². The lowest BCUT2D eigenvalue weighted by Gasteiger charge is -2.21. The fraction of sp³-hybridized carbons (Fsp3) is 0.238. The number of fused-ring (bicyclic) bond motifs is 1. The number of methoxy groups -OCH3 is 4. The Bertz CT molecular complexity index is 1060. The average molecular weight is 429 g/mol. The van der Waals surface area contributed by atoms with Crippen molar-refractivity contribution in [1.82, 2.24) is 0 Å². The van der Waals surface area contributed by atoms with Gasteiger partial charge in [0.2, 0.25) is 22.7 Å². The molecular weight excluding hydrogens is 410 g/mol. The largest absolute Gasteiger partial charge is 0.504 e. The van der Waals surface area contributed by atoms with Crippen molar-refractivity contribution < 1.29 is 33.6 Å². The van der Waals surface area contributed by atoms with Gasteiger partial charge in [-0.3, -0.25) is 4.79 Å². The average Bonchev–Trinajstić information content (AvgIpc) is 2.89. The van der Waals surface area contributed by atoms with Gasteiger partial charge in [0.15, 0.2) is 23.0 Å². The molecule has 9 heteroatoms. The Balaban J connectivity index is 2.33. The topological polar surface area (TPSA) is 107 Å². The van der Waals surface area contributed by atoms with Crippen molar-refractivity contribution in [3.63, 3.8) is 0 Å². The molecule has 0 bridgehead atoms. The minimum absolute atomic E-state index is 0.0922. The molecule has 30 heavy (non-hydrogen) atoms. The summed E-state index contributed by atoms with van der Waals surface area (Å²) in [5, 5.41) is 21.2. The number of rotatable bonds is 6. The molecule has 1 heterocycles. The summed E-state index contributed by atoms with van der Waals surface area (Å²) in [5.41, 5.74) is 0.352. The van der Waals surface area contributed by atoms with Gasteiger partial charge in [-0.15, -0.1) is 0 Å². The summed E-state index contributed by atoms with van der Waals surface area (Å²) in [6.45, 7) is 0. The second kappa shape index (κ2) is 8.88. The number of ketones is 1. The van der Waals surface area contributed by atoms with Crippen LogP contribution in [0.5, 0.6) is 34.5 Å². The zero-order valence-corrected chi connectivity index (χ0v) is 17.5. The van der Waals surface area contributed by atoms with Gasteiger partial charge in [-0.2, -0.15) is 5.26 Å². The third-order valence-corrected chi connectivity index (χ3v) is 5.12. The summed E-state index contributed by atoms with van der Waals surface area (Å²) in [5.74, 6) is 0.848. The standard InChI is InChI=1S/C21H19NO7S/c1-25-16-6-5-11(7-14(16)23)12-8-15(24)21(30-10-22)29-18-13(12)9-17(26-2)19(27-3)20(18)28-4/h5-9,21,23H,1-4H3. The summed E-state index contributed by atoms with van der Waals surface area (Å²) < 4.78 is 27.3. The SMILES string of the molecule is COc1ccc(C2=CC(=O)C(SC#N)Oc3c2cc(OC)c(OC)c3OC)cc1O. The van der Waals surface area contributed by atoms with Gasteiger partial charge in [0.25, 0.3) is 0 Å². The molecule has 156 valence electrons. The van der Waals surface area contributed by atoms with E-state index >= 15 is 0 Å². The Morgan fingerprint density at radius 2 is 1.73 bits per heavy atom. The summed E-state index contributed by atoms with van der Waals surface area (Å²) in [6, 6.07) is 6.41. The lowest BCUT2D eigenvalue weighted by molar-refractivity contribution is -0.117. The molecule has 1 aliphatic rings. The number of nitrogens with zero attached hydrogens (tertiary/aromatic N) is 1. The van der Waals surface area contributed by atoms with Gasteiger partial charge in [0.1, 0.15) is 5.40 Å². The van der Waals surface area contributed by atoms with Crippen LogP contribution >= 0.6 is 11.8 Å². The van der Waals surface area contributed by atoms with E-state index in [2.05, 4.69) is 0 Å². The normalized spacial score (nSPS) is 15.1. The monoisotopic (exact) mass is 429 g/mol. The maximum Gasteiger partial charge on any atom is 0.220 e. The summed E-state index contributed by atoms with van der Waals surface area (Å²) in [4.78, 5) is 12.8. The van der Waals surface area contributed by atoms with Crippen LogP contribution in [0.3, 0.4) is 0 Å². The first-order valence-electron chi connectivity index (χ1n) is 8.66. The number of benzene rings is 2. The smallest absolute Gasteiger partial charge is 0.220 e. The molecule has 0 aromatic heterocycles. The minimum Gasteiger partial charge on any atom is -0.504 e. The number of ether oxygens (including phenoxy) is 5. The molecule has 0 amide bonds. The third-order valence-electron chi connectivity index (χ3n) is 4.47. The van der Waals surface area contributed by atoms with Crippen molar-refractivity contribution in [2.24, 2.45) is 0 Å². The van der Waals surface area contributed by atoms with Crippen molar-refractivity contribution in [3.05, 3.63) is 41.5 Å². The second-order valence-corrected chi connectivity index (χ2v) is 6.87. The van der Waals surface area contributed by atoms with E-state index in [1.54, 1.807) is 18.2 Å². The summed E-state index contributed by atoms with van der Waals surface area (Å²) in [6.07, 6.45) is 1.37. The van der Waals surface area contributed by atoms with Crippen LogP contribution in [0.4, 0.5) is 0 Å². The number of hydrogen-bond donors (Lipinski definition) is 1. The van der Waals surface area contributed by atoms with Crippen LogP contribution in [0, 0.1) is 10.7 Å². The van der Waals surface area contributed by atoms with Crippen molar-refractivity contribution >= 4 is 23.1 Å². The highest BCUT2D eigenvalue weighted by molar-refractivity contribution is 8.04. The maximum absolute atomic E-state index is 12.8. The van der Waals surface area contributed by atoms with Crippen LogP contribution in [-0.2, 0) is 4.79 Å². The maximum atomic E-state index is 12.8. The van der Waals surface area contributed by atoms with Crippen LogP contribution in [0.25, 0.3) is 5.57 Å². The van der Waals surface area contributed by atoms with Crippen molar-refractivity contribution in [1.29, 1.82) is 5.26 Å². The number of phenols is 1. The molecule has 1 aliphatic heterocycles. The number of nitriles is 1. The summed E-state index contributed by atoms with van der Waals surface area (Å²) >= 11 is 0.679. The van der Waals surface area contributed by atoms with E-state index in [1.807, 2.05) is 5.40 Å². The van der Waals surface area contributed by atoms with E-state index in [0.29, 0.717) is 40.0 Å². The van der Waals surface area contributed by atoms with E-state index in [9.17, 15) is 9.90 Å². The van der Waals surface area contributed by atoms with Crippen LogP contribution in [0.15, 0.2) is 30.3 Å². The molecule has 1 atom stereocenters. The van der Waals surface area contributed by atoms with E-state index in [0.717, 1.165) is 0 Å². The molecule has 0 saturated carbocycles. The van der Waals surface area contributed by atoms with Crippen molar-refractivity contribution in [3.8, 4) is 39.9 Å². The lowest BCUT2D eigenvalue weighted by atomic mass is 9.95. The van der Waals surface area contributed by atoms with Crippen molar-refractivity contribution in [2.75, 3.05) is 28.4 Å². The quantitative estimate of drug-likeness (QED) is 0.692. The first-order valence-corrected chi connectivity index (χ1v) is 9.54. The van der Waals surface area contributed by atoms with Gasteiger partial charge >= 0.3 is 0 Å². The number of hydrogen-bond acceptors (Lipinski definition) is 9. The van der Waals surface area contributed by atoms with E-state index in [4.69, 9.17) is 28.9 Å². The predicted octanol–water partition coefficient (Wildman–Crippen LogP) is 3.36. The highest BCUT2D eigenvalue weighted by atomic mass is 32.2. The van der Waals surface area contributed by atoms with Gasteiger partial charge in [-0.05, 0) is 35.4 Å². The predicted molar refractivity (Wildman–Crippen MR) is 110 cm³/mol. The molecule has 2 aromatic carbocycles. The molecule has 0 saturated heterocycles. The van der Waals surface area contributed by atoms with Crippen LogP contribution in [0.2, 0.25) is 0 Å². The number of thiocyanates is 1. The molecule has 0 aliphatic carbocycles. The number of carbonyl (C=O) groups is 1. The van der Waals surface area contributed by atoms with Gasteiger partial charge in [-0.25, -0.2) is 0 Å².